The number of amides is 1. The molecule has 2 heterocycles. The summed E-state index contributed by atoms with van der Waals surface area (Å²) in [7, 11) is 0. The summed E-state index contributed by atoms with van der Waals surface area (Å²) >= 11 is 6.17. The molecule has 1 amide bonds. The summed E-state index contributed by atoms with van der Waals surface area (Å²) in [5.41, 5.74) is -0.131. The van der Waals surface area contributed by atoms with E-state index in [1.807, 2.05) is 0 Å². The number of likely N-dealkylation sites (tertiary alicyclic amines) is 1. The lowest BCUT2D eigenvalue weighted by Gasteiger charge is -2.22. The maximum atomic E-state index is 12.4. The predicted molar refractivity (Wildman–Crippen MR) is 83.1 cm³/mol. The van der Waals surface area contributed by atoms with Crippen molar-refractivity contribution in [1.82, 2.24) is 4.90 Å². The lowest BCUT2D eigenvalue weighted by atomic mass is 9.90. The third kappa shape index (κ3) is 3.08. The van der Waals surface area contributed by atoms with Crippen LogP contribution in [0.25, 0.3) is 0 Å². The van der Waals surface area contributed by atoms with Crippen LogP contribution in [0.4, 0.5) is 0 Å². The summed E-state index contributed by atoms with van der Waals surface area (Å²) in [4.78, 5) is 25.3. The summed E-state index contributed by atoms with van der Waals surface area (Å²) < 4.78 is 11.0. The van der Waals surface area contributed by atoms with Crippen molar-refractivity contribution >= 4 is 23.5 Å². The Hall–Kier alpha value is -1.95. The van der Waals surface area contributed by atoms with Crippen LogP contribution in [0.3, 0.4) is 0 Å². The second kappa shape index (κ2) is 5.92. The molecule has 1 atom stereocenters. The van der Waals surface area contributed by atoms with Gasteiger partial charge in [-0.15, -0.1) is 0 Å². The number of carbonyl (C=O) groups excluding carboxylic acids is 1. The molecule has 1 aromatic rings. The molecule has 124 valence electrons. The topological polar surface area (TPSA) is 76.1 Å². The van der Waals surface area contributed by atoms with Gasteiger partial charge in [0.25, 0.3) is 0 Å². The van der Waals surface area contributed by atoms with Gasteiger partial charge in [0.1, 0.15) is 13.2 Å². The molecule has 0 spiro atoms. The number of rotatable bonds is 3. The van der Waals surface area contributed by atoms with Gasteiger partial charge in [-0.3, -0.25) is 9.59 Å². The molecule has 1 aromatic carbocycles. The highest BCUT2D eigenvalue weighted by Crippen LogP contribution is 2.38. The Kier molecular flexibility index (Phi) is 4.10. The summed E-state index contributed by atoms with van der Waals surface area (Å²) in [6.45, 7) is 3.26. The van der Waals surface area contributed by atoms with Crippen LogP contribution in [-0.2, 0) is 16.0 Å². The molecule has 1 fully saturated rings. The summed E-state index contributed by atoms with van der Waals surface area (Å²) in [6.07, 6.45) is 0.627. The predicted octanol–water partition coefficient (Wildman–Crippen LogP) is 1.98. The van der Waals surface area contributed by atoms with Crippen LogP contribution in [0.15, 0.2) is 12.1 Å². The monoisotopic (exact) mass is 339 g/mol. The first-order valence-corrected chi connectivity index (χ1v) is 7.86. The van der Waals surface area contributed by atoms with Crippen LogP contribution in [0.2, 0.25) is 5.02 Å². The van der Waals surface area contributed by atoms with E-state index >= 15 is 0 Å². The zero-order valence-electron chi connectivity index (χ0n) is 12.8. The van der Waals surface area contributed by atoms with Crippen LogP contribution in [-0.4, -0.2) is 48.2 Å². The van der Waals surface area contributed by atoms with Gasteiger partial charge in [0.05, 0.1) is 16.9 Å². The zero-order chi connectivity index (χ0) is 16.6. The summed E-state index contributed by atoms with van der Waals surface area (Å²) in [5.74, 6) is 0.0787. The fourth-order valence-electron chi connectivity index (χ4n) is 2.90. The Labute approximate surface area is 138 Å². The van der Waals surface area contributed by atoms with Gasteiger partial charge in [-0.05, 0) is 31.0 Å². The second-order valence-corrected chi connectivity index (χ2v) is 6.62. The van der Waals surface area contributed by atoms with Crippen molar-refractivity contribution in [2.45, 2.75) is 19.8 Å². The Morgan fingerprint density at radius 1 is 1.35 bits per heavy atom. The number of ether oxygens (including phenoxy) is 2. The highest BCUT2D eigenvalue weighted by atomic mass is 35.5. The average Bonchev–Trinajstić information content (AvgIpc) is 2.91. The smallest absolute Gasteiger partial charge is 0.311 e. The van der Waals surface area contributed by atoms with Crippen LogP contribution < -0.4 is 9.47 Å². The number of carboxylic acid groups (broad SMARTS) is 1. The number of benzene rings is 1. The minimum atomic E-state index is -0.866. The van der Waals surface area contributed by atoms with Gasteiger partial charge in [0, 0.05) is 13.1 Å². The maximum Gasteiger partial charge on any atom is 0.311 e. The highest BCUT2D eigenvalue weighted by Gasteiger charge is 2.42. The molecule has 1 saturated heterocycles. The standard InChI is InChI=1S/C16H18ClNO5/c1-16(15(20)21)2-3-18(9-16)13(19)8-10-6-11(17)14-12(7-10)22-4-5-23-14/h6-7H,2-5,8-9H2,1H3,(H,20,21)/t16-/m0/s1. The van der Waals surface area contributed by atoms with Crippen molar-refractivity contribution < 1.29 is 24.2 Å². The number of halogens is 1. The third-order valence-electron chi connectivity index (χ3n) is 4.35. The number of fused-ring (bicyclic) bond motifs is 1. The molecular formula is C16H18ClNO5. The van der Waals surface area contributed by atoms with E-state index in [4.69, 9.17) is 21.1 Å². The van der Waals surface area contributed by atoms with Gasteiger partial charge >= 0.3 is 5.97 Å². The molecule has 0 saturated carbocycles. The van der Waals surface area contributed by atoms with Crippen LogP contribution in [0.5, 0.6) is 11.5 Å². The molecule has 0 aromatic heterocycles. The Morgan fingerprint density at radius 2 is 2.09 bits per heavy atom. The fourth-order valence-corrected chi connectivity index (χ4v) is 3.19. The highest BCUT2D eigenvalue weighted by molar-refractivity contribution is 6.32. The molecule has 7 heteroatoms. The Balaban J connectivity index is 1.72. The minimum Gasteiger partial charge on any atom is -0.486 e. The third-order valence-corrected chi connectivity index (χ3v) is 4.64. The van der Waals surface area contributed by atoms with E-state index in [-0.39, 0.29) is 18.9 Å². The Morgan fingerprint density at radius 3 is 2.78 bits per heavy atom. The van der Waals surface area contributed by atoms with E-state index in [1.165, 1.54) is 0 Å². The molecule has 0 bridgehead atoms. The van der Waals surface area contributed by atoms with Crippen molar-refractivity contribution in [3.05, 3.63) is 22.7 Å². The van der Waals surface area contributed by atoms with Gasteiger partial charge in [0.15, 0.2) is 11.5 Å². The number of hydrogen-bond donors (Lipinski definition) is 1. The van der Waals surface area contributed by atoms with E-state index in [9.17, 15) is 14.7 Å². The lowest BCUT2D eigenvalue weighted by molar-refractivity contribution is -0.147. The van der Waals surface area contributed by atoms with E-state index in [2.05, 4.69) is 0 Å². The first kappa shape index (κ1) is 15.9. The van der Waals surface area contributed by atoms with Crippen LogP contribution in [0, 0.1) is 5.41 Å². The molecule has 23 heavy (non-hydrogen) atoms. The van der Waals surface area contributed by atoms with Gasteiger partial charge in [0.2, 0.25) is 5.91 Å². The van der Waals surface area contributed by atoms with Crippen LogP contribution in [0.1, 0.15) is 18.9 Å². The molecule has 0 unspecified atom stereocenters. The second-order valence-electron chi connectivity index (χ2n) is 6.21. The van der Waals surface area contributed by atoms with E-state index in [1.54, 1.807) is 24.0 Å². The van der Waals surface area contributed by atoms with E-state index < -0.39 is 11.4 Å². The molecule has 2 aliphatic rings. The fraction of sp³-hybridized carbons (Fsp3) is 0.500. The molecule has 3 rings (SSSR count). The summed E-state index contributed by atoms with van der Waals surface area (Å²) in [5, 5.41) is 9.66. The van der Waals surface area contributed by atoms with Gasteiger partial charge < -0.3 is 19.5 Å². The van der Waals surface area contributed by atoms with Crippen molar-refractivity contribution in [3.63, 3.8) is 0 Å². The van der Waals surface area contributed by atoms with Gasteiger partial charge in [-0.2, -0.15) is 0 Å². The lowest BCUT2D eigenvalue weighted by Crippen LogP contribution is -2.35. The average molecular weight is 340 g/mol. The van der Waals surface area contributed by atoms with Gasteiger partial charge in [-0.25, -0.2) is 0 Å². The van der Waals surface area contributed by atoms with E-state index in [0.717, 1.165) is 5.56 Å². The normalized spacial score (nSPS) is 23.0. The molecule has 1 N–H and O–H groups in total. The van der Waals surface area contributed by atoms with Crippen molar-refractivity contribution in [3.8, 4) is 11.5 Å². The number of aliphatic carboxylic acids is 1. The zero-order valence-corrected chi connectivity index (χ0v) is 13.6. The quantitative estimate of drug-likeness (QED) is 0.911. The molecule has 0 radical (unpaired) electrons. The molecule has 2 aliphatic heterocycles. The van der Waals surface area contributed by atoms with E-state index in [0.29, 0.717) is 42.7 Å². The van der Waals surface area contributed by atoms with Gasteiger partial charge in [-0.1, -0.05) is 11.6 Å². The van der Waals surface area contributed by atoms with Crippen molar-refractivity contribution in [1.29, 1.82) is 0 Å². The molecule has 0 aliphatic carbocycles. The van der Waals surface area contributed by atoms with Crippen molar-refractivity contribution in [2.75, 3.05) is 26.3 Å². The number of hydrogen-bond acceptors (Lipinski definition) is 4. The number of carbonyl (C=O) groups is 2. The Bertz CT molecular complexity index is 662. The van der Waals surface area contributed by atoms with Crippen LogP contribution >= 0.6 is 11.6 Å². The SMILES string of the molecule is C[C@]1(C(=O)O)CCN(C(=O)Cc2cc(Cl)c3c(c2)OCCO3)C1. The molecule has 6 nitrogen and oxygen atoms in total. The first-order valence-electron chi connectivity index (χ1n) is 7.48. The number of carboxylic acids is 1. The maximum absolute atomic E-state index is 12.4. The first-order chi connectivity index (χ1) is 10.9. The molecular weight excluding hydrogens is 322 g/mol. The number of nitrogens with zero attached hydrogens (tertiary/aromatic N) is 1. The largest absolute Gasteiger partial charge is 0.486 e. The summed E-state index contributed by atoms with van der Waals surface area (Å²) in [6, 6.07) is 3.45. The minimum absolute atomic E-state index is 0.109. The van der Waals surface area contributed by atoms with Crippen molar-refractivity contribution in [2.24, 2.45) is 5.41 Å².